The third-order valence-electron chi connectivity index (χ3n) is 4.81. The topological polar surface area (TPSA) is 75.7 Å². The van der Waals surface area contributed by atoms with Crippen LogP contribution in [0.25, 0.3) is 0 Å². The summed E-state index contributed by atoms with van der Waals surface area (Å²) in [6.07, 6.45) is 0.0504. The number of sulfonamides is 1. The van der Waals surface area contributed by atoms with E-state index in [1.807, 2.05) is 13.8 Å². The predicted octanol–water partition coefficient (Wildman–Crippen LogP) is 3.25. The molecule has 0 bridgehead atoms. The first-order chi connectivity index (χ1) is 14.2. The Kier molecular flexibility index (Phi) is 7.13. The van der Waals surface area contributed by atoms with Crippen molar-refractivity contribution in [1.82, 2.24) is 9.62 Å². The molecular formula is C21H24ClFN2O4S. The van der Waals surface area contributed by atoms with Crippen molar-refractivity contribution in [2.24, 2.45) is 0 Å². The Balaban J connectivity index is 1.72. The van der Waals surface area contributed by atoms with E-state index in [1.165, 1.54) is 34.6 Å². The van der Waals surface area contributed by atoms with E-state index in [-0.39, 0.29) is 46.6 Å². The number of nitrogens with zero attached hydrogens (tertiary/aromatic N) is 1. The van der Waals surface area contributed by atoms with E-state index >= 15 is 0 Å². The average Bonchev–Trinajstić information content (AvgIpc) is 2.69. The van der Waals surface area contributed by atoms with Crippen LogP contribution in [0.2, 0.25) is 5.02 Å². The molecule has 162 valence electrons. The standard InChI is InChI=1S/C21H24ClFN2O4S/c1-14-12-25(13-15(2)29-14)30(27,28)20-11-17(5-8-19(20)22)21(26)24-10-9-16-3-6-18(23)7-4-16/h3-8,11,14-15H,9-10,12-13H2,1-2H3,(H,24,26). The molecule has 2 aromatic carbocycles. The highest BCUT2D eigenvalue weighted by Gasteiger charge is 2.33. The van der Waals surface area contributed by atoms with Gasteiger partial charge >= 0.3 is 0 Å². The molecule has 2 atom stereocenters. The molecule has 1 aliphatic rings. The van der Waals surface area contributed by atoms with Gasteiger partial charge in [0.2, 0.25) is 10.0 Å². The van der Waals surface area contributed by atoms with Crippen LogP contribution in [0.5, 0.6) is 0 Å². The fraction of sp³-hybridized carbons (Fsp3) is 0.381. The zero-order chi connectivity index (χ0) is 21.9. The molecule has 1 saturated heterocycles. The van der Waals surface area contributed by atoms with Crippen LogP contribution < -0.4 is 5.32 Å². The summed E-state index contributed by atoms with van der Waals surface area (Å²) in [7, 11) is -3.88. The summed E-state index contributed by atoms with van der Waals surface area (Å²) in [6, 6.07) is 10.2. The normalized spacial score (nSPS) is 20.1. The van der Waals surface area contributed by atoms with Crippen molar-refractivity contribution in [2.45, 2.75) is 37.4 Å². The van der Waals surface area contributed by atoms with Gasteiger partial charge in [-0.15, -0.1) is 0 Å². The van der Waals surface area contributed by atoms with Gasteiger partial charge in [0.15, 0.2) is 0 Å². The third-order valence-corrected chi connectivity index (χ3v) is 7.12. The summed E-state index contributed by atoms with van der Waals surface area (Å²) in [5, 5.41) is 2.81. The summed E-state index contributed by atoms with van der Waals surface area (Å²) in [5.41, 5.74) is 1.08. The van der Waals surface area contributed by atoms with Crippen LogP contribution in [0, 0.1) is 5.82 Å². The van der Waals surface area contributed by atoms with Gasteiger partial charge in [-0.1, -0.05) is 23.7 Å². The lowest BCUT2D eigenvalue weighted by Crippen LogP contribution is -2.48. The van der Waals surface area contributed by atoms with Crippen LogP contribution >= 0.6 is 11.6 Å². The molecule has 2 unspecified atom stereocenters. The Morgan fingerprint density at radius 2 is 1.80 bits per heavy atom. The van der Waals surface area contributed by atoms with Crippen molar-refractivity contribution in [2.75, 3.05) is 19.6 Å². The molecular weight excluding hydrogens is 431 g/mol. The maximum Gasteiger partial charge on any atom is 0.251 e. The fourth-order valence-corrected chi connectivity index (χ4v) is 5.47. The summed E-state index contributed by atoms with van der Waals surface area (Å²) in [5.74, 6) is -0.726. The molecule has 1 N–H and O–H groups in total. The molecule has 1 heterocycles. The number of hydrogen-bond donors (Lipinski definition) is 1. The van der Waals surface area contributed by atoms with Crippen molar-refractivity contribution in [3.8, 4) is 0 Å². The number of carbonyl (C=O) groups excluding carboxylic acids is 1. The number of hydrogen-bond acceptors (Lipinski definition) is 4. The van der Waals surface area contributed by atoms with E-state index < -0.39 is 15.9 Å². The average molecular weight is 455 g/mol. The number of morpholine rings is 1. The summed E-state index contributed by atoms with van der Waals surface area (Å²) < 4.78 is 46.2. The van der Waals surface area contributed by atoms with E-state index in [0.29, 0.717) is 13.0 Å². The Bertz CT molecular complexity index is 1000. The van der Waals surface area contributed by atoms with Crippen LogP contribution in [-0.4, -0.2) is 50.5 Å². The van der Waals surface area contributed by atoms with Crippen LogP contribution in [0.1, 0.15) is 29.8 Å². The van der Waals surface area contributed by atoms with E-state index in [0.717, 1.165) is 5.56 Å². The maximum atomic E-state index is 13.1. The van der Waals surface area contributed by atoms with E-state index in [9.17, 15) is 17.6 Å². The lowest BCUT2D eigenvalue weighted by molar-refractivity contribution is -0.0440. The molecule has 0 radical (unpaired) electrons. The highest BCUT2D eigenvalue weighted by Crippen LogP contribution is 2.28. The van der Waals surface area contributed by atoms with E-state index in [2.05, 4.69) is 5.32 Å². The van der Waals surface area contributed by atoms with Gasteiger partial charge in [-0.3, -0.25) is 4.79 Å². The number of benzene rings is 2. The second-order valence-electron chi connectivity index (χ2n) is 7.36. The Morgan fingerprint density at radius 3 is 2.43 bits per heavy atom. The van der Waals surface area contributed by atoms with Crippen LogP contribution in [-0.2, 0) is 21.2 Å². The van der Waals surface area contributed by atoms with E-state index in [4.69, 9.17) is 16.3 Å². The van der Waals surface area contributed by atoms with E-state index in [1.54, 1.807) is 12.1 Å². The lowest BCUT2D eigenvalue weighted by Gasteiger charge is -2.34. The first kappa shape index (κ1) is 22.7. The maximum absolute atomic E-state index is 13.1. The number of carbonyl (C=O) groups is 1. The quantitative estimate of drug-likeness (QED) is 0.727. The number of rotatable bonds is 6. The van der Waals surface area contributed by atoms with Crippen molar-refractivity contribution in [3.63, 3.8) is 0 Å². The smallest absolute Gasteiger partial charge is 0.251 e. The van der Waals surface area contributed by atoms with Gasteiger partial charge in [0.1, 0.15) is 10.7 Å². The SMILES string of the molecule is CC1CN(S(=O)(=O)c2cc(C(=O)NCCc3ccc(F)cc3)ccc2Cl)CC(C)O1. The monoisotopic (exact) mass is 454 g/mol. The number of amides is 1. The summed E-state index contributed by atoms with van der Waals surface area (Å²) in [4.78, 5) is 12.4. The minimum atomic E-state index is -3.88. The second kappa shape index (κ2) is 9.43. The molecule has 1 aliphatic heterocycles. The first-order valence-corrected chi connectivity index (χ1v) is 11.5. The highest BCUT2D eigenvalue weighted by molar-refractivity contribution is 7.89. The van der Waals surface area contributed by atoms with Gasteiger partial charge in [-0.2, -0.15) is 4.31 Å². The molecule has 2 aromatic rings. The van der Waals surface area contributed by atoms with Crippen molar-refractivity contribution >= 4 is 27.5 Å². The van der Waals surface area contributed by atoms with Crippen molar-refractivity contribution in [1.29, 1.82) is 0 Å². The third kappa shape index (κ3) is 5.37. The van der Waals surface area contributed by atoms with Gasteiger partial charge < -0.3 is 10.1 Å². The molecule has 0 spiro atoms. The van der Waals surface area contributed by atoms with Crippen LogP contribution in [0.4, 0.5) is 4.39 Å². The summed E-state index contributed by atoms with van der Waals surface area (Å²) in [6.45, 7) is 4.39. The van der Waals surface area contributed by atoms with Gasteiger partial charge in [0.05, 0.1) is 17.2 Å². The zero-order valence-electron chi connectivity index (χ0n) is 16.8. The molecule has 9 heteroatoms. The fourth-order valence-electron chi connectivity index (χ4n) is 3.38. The van der Waals surface area contributed by atoms with Crippen LogP contribution in [0.3, 0.4) is 0 Å². The molecule has 1 amide bonds. The van der Waals surface area contributed by atoms with Gasteiger partial charge in [-0.25, -0.2) is 12.8 Å². The van der Waals surface area contributed by atoms with Crippen LogP contribution in [0.15, 0.2) is 47.4 Å². The Hall–Kier alpha value is -2.00. The van der Waals surface area contributed by atoms with Gasteiger partial charge in [0.25, 0.3) is 5.91 Å². The second-order valence-corrected chi connectivity index (χ2v) is 9.67. The number of nitrogens with one attached hydrogen (secondary N) is 1. The van der Waals surface area contributed by atoms with Crippen molar-refractivity contribution in [3.05, 3.63) is 64.4 Å². The predicted molar refractivity (Wildman–Crippen MR) is 113 cm³/mol. The molecule has 30 heavy (non-hydrogen) atoms. The van der Waals surface area contributed by atoms with Gasteiger partial charge in [0, 0.05) is 25.2 Å². The molecule has 3 rings (SSSR count). The lowest BCUT2D eigenvalue weighted by atomic mass is 10.1. The highest BCUT2D eigenvalue weighted by atomic mass is 35.5. The molecule has 0 aromatic heterocycles. The zero-order valence-corrected chi connectivity index (χ0v) is 18.3. The first-order valence-electron chi connectivity index (χ1n) is 9.64. The number of ether oxygens (including phenoxy) is 1. The minimum absolute atomic E-state index is 0.0599. The summed E-state index contributed by atoms with van der Waals surface area (Å²) >= 11 is 6.18. The molecule has 0 aliphatic carbocycles. The Labute approximate surface area is 181 Å². The molecule has 6 nitrogen and oxygen atoms in total. The van der Waals surface area contributed by atoms with Gasteiger partial charge in [-0.05, 0) is 56.2 Å². The molecule has 0 saturated carbocycles. The molecule has 1 fully saturated rings. The Morgan fingerprint density at radius 1 is 1.17 bits per heavy atom. The minimum Gasteiger partial charge on any atom is -0.373 e. The largest absolute Gasteiger partial charge is 0.373 e. The van der Waals surface area contributed by atoms with Crippen molar-refractivity contribution < 1.29 is 22.3 Å². The number of halogens is 2.